The number of hydrogen-bond donors (Lipinski definition) is 2. The summed E-state index contributed by atoms with van der Waals surface area (Å²) in [5.41, 5.74) is 10.2. The van der Waals surface area contributed by atoms with Crippen LogP contribution in [0.2, 0.25) is 0 Å². The van der Waals surface area contributed by atoms with E-state index < -0.39 is 0 Å². The number of nitrogens with one attached hydrogen (secondary N) is 1. The Hall–Kier alpha value is -2.71. The number of fused-ring (bicyclic) bond motifs is 4. The van der Waals surface area contributed by atoms with Crippen molar-refractivity contribution >= 4 is 33.0 Å². The van der Waals surface area contributed by atoms with Gasteiger partial charge >= 0.3 is 0 Å². The summed E-state index contributed by atoms with van der Waals surface area (Å²) in [5.74, 6) is 1.49. The first-order chi connectivity index (χ1) is 14.2. The number of hydrogen-bond acceptors (Lipinski definition) is 8. The van der Waals surface area contributed by atoms with Crippen LogP contribution in [0.15, 0.2) is 18.2 Å². The van der Waals surface area contributed by atoms with Crippen molar-refractivity contribution in [1.29, 1.82) is 0 Å². The summed E-state index contributed by atoms with van der Waals surface area (Å²) in [6.45, 7) is 1.90. The Morgan fingerprint density at radius 1 is 1.14 bits per heavy atom. The maximum absolute atomic E-state index is 12.8. The summed E-state index contributed by atoms with van der Waals surface area (Å²) < 4.78 is 11.1. The molecule has 2 aliphatic rings. The van der Waals surface area contributed by atoms with Crippen LogP contribution in [-0.2, 0) is 19.4 Å². The molecule has 0 atom stereocenters. The van der Waals surface area contributed by atoms with E-state index in [-0.39, 0.29) is 12.3 Å². The first kappa shape index (κ1) is 18.3. The fourth-order valence-corrected chi connectivity index (χ4v) is 4.98. The van der Waals surface area contributed by atoms with Crippen LogP contribution in [0.5, 0.6) is 11.5 Å². The molecule has 3 heterocycles. The Kier molecular flexibility index (Phi) is 4.81. The number of anilines is 1. The molecule has 0 fully saturated rings. The van der Waals surface area contributed by atoms with Crippen LogP contribution < -0.4 is 20.5 Å². The molecule has 1 aliphatic carbocycles. The van der Waals surface area contributed by atoms with Gasteiger partial charge in [-0.2, -0.15) is 5.10 Å². The first-order valence-electron chi connectivity index (χ1n) is 9.89. The average molecular weight is 410 g/mol. The van der Waals surface area contributed by atoms with Gasteiger partial charge in [-0.25, -0.2) is 0 Å². The van der Waals surface area contributed by atoms with Gasteiger partial charge in [0.15, 0.2) is 17.3 Å². The first-order valence-corrected chi connectivity index (χ1v) is 10.7. The van der Waals surface area contributed by atoms with E-state index in [2.05, 4.69) is 15.5 Å². The fourth-order valence-electron chi connectivity index (χ4n) is 3.97. The molecule has 150 valence electrons. The SMILES string of the molecule is Nc1c(C(=O)CNCc2ccc3c(c2)OCCO3)sc2nnc3c(c12)CCCC3. The Morgan fingerprint density at radius 2 is 1.97 bits per heavy atom. The zero-order valence-electron chi connectivity index (χ0n) is 16.0. The minimum Gasteiger partial charge on any atom is -0.486 e. The Labute approximate surface area is 172 Å². The van der Waals surface area contributed by atoms with Crippen molar-refractivity contribution < 1.29 is 14.3 Å². The summed E-state index contributed by atoms with van der Waals surface area (Å²) >= 11 is 1.34. The van der Waals surface area contributed by atoms with Crippen molar-refractivity contribution in [1.82, 2.24) is 15.5 Å². The number of aromatic nitrogens is 2. The predicted molar refractivity (Wildman–Crippen MR) is 112 cm³/mol. The maximum atomic E-state index is 12.8. The Morgan fingerprint density at radius 3 is 2.86 bits per heavy atom. The highest BCUT2D eigenvalue weighted by atomic mass is 32.1. The number of nitrogen functional groups attached to an aromatic ring is 1. The van der Waals surface area contributed by atoms with Crippen molar-refractivity contribution in [2.45, 2.75) is 32.2 Å². The van der Waals surface area contributed by atoms with E-state index in [1.54, 1.807) is 0 Å². The van der Waals surface area contributed by atoms with Gasteiger partial charge < -0.3 is 20.5 Å². The highest BCUT2D eigenvalue weighted by molar-refractivity contribution is 7.21. The van der Waals surface area contributed by atoms with Crippen LogP contribution in [0, 0.1) is 0 Å². The second-order valence-corrected chi connectivity index (χ2v) is 8.36. The lowest BCUT2D eigenvalue weighted by Crippen LogP contribution is -2.23. The molecule has 3 N–H and O–H groups in total. The molecule has 0 amide bonds. The number of Topliss-reactive ketones (excluding diaryl/α,β-unsaturated/α-hetero) is 1. The molecule has 0 bridgehead atoms. The van der Waals surface area contributed by atoms with Gasteiger partial charge in [0.05, 0.1) is 22.8 Å². The lowest BCUT2D eigenvalue weighted by Gasteiger charge is -2.18. The third-order valence-corrected chi connectivity index (χ3v) is 6.53. The predicted octanol–water partition coefficient (Wildman–Crippen LogP) is 2.90. The normalized spacial score (nSPS) is 15.3. The molecule has 0 saturated carbocycles. The van der Waals surface area contributed by atoms with Gasteiger partial charge in [-0.1, -0.05) is 6.07 Å². The van der Waals surface area contributed by atoms with E-state index in [1.807, 2.05) is 18.2 Å². The van der Waals surface area contributed by atoms with Gasteiger partial charge in [-0.3, -0.25) is 4.79 Å². The highest BCUT2D eigenvalue weighted by Crippen LogP contribution is 2.37. The third kappa shape index (κ3) is 3.42. The molecule has 0 spiro atoms. The number of thiophene rings is 1. The van der Waals surface area contributed by atoms with E-state index in [0.717, 1.165) is 58.7 Å². The summed E-state index contributed by atoms with van der Waals surface area (Å²) in [6.07, 6.45) is 4.16. The van der Waals surface area contributed by atoms with E-state index in [9.17, 15) is 4.79 Å². The molecule has 0 radical (unpaired) electrons. The molecule has 2 aromatic heterocycles. The Balaban J connectivity index is 1.30. The minimum atomic E-state index is -0.0207. The molecular weight excluding hydrogens is 388 g/mol. The zero-order valence-corrected chi connectivity index (χ0v) is 16.8. The third-order valence-electron chi connectivity index (χ3n) is 5.40. The van der Waals surface area contributed by atoms with Crippen LogP contribution in [0.25, 0.3) is 10.2 Å². The molecule has 0 saturated heterocycles. The van der Waals surface area contributed by atoms with Gasteiger partial charge in [0.1, 0.15) is 18.0 Å². The summed E-state index contributed by atoms with van der Waals surface area (Å²) in [6, 6.07) is 5.82. The van der Waals surface area contributed by atoms with Crippen molar-refractivity contribution in [3.05, 3.63) is 39.9 Å². The molecule has 0 unspecified atom stereocenters. The smallest absolute Gasteiger partial charge is 0.188 e. The standard InChI is InChI=1S/C21H22N4O3S/c22-19-18-13-3-1-2-4-14(13)24-25-21(18)29-20(19)15(26)11-23-10-12-5-6-16-17(9-12)28-8-7-27-16/h5-6,9,23H,1-4,7-8,10-11,22H2. The summed E-state index contributed by atoms with van der Waals surface area (Å²) in [7, 11) is 0. The van der Waals surface area contributed by atoms with Crippen molar-refractivity contribution in [2.24, 2.45) is 0 Å². The maximum Gasteiger partial charge on any atom is 0.188 e. The van der Waals surface area contributed by atoms with Gasteiger partial charge in [0, 0.05) is 11.9 Å². The van der Waals surface area contributed by atoms with E-state index in [0.29, 0.717) is 30.3 Å². The van der Waals surface area contributed by atoms with E-state index in [4.69, 9.17) is 15.2 Å². The summed E-state index contributed by atoms with van der Waals surface area (Å²) in [5, 5.41) is 12.8. The molecule has 1 aromatic carbocycles. The largest absolute Gasteiger partial charge is 0.486 e. The number of benzene rings is 1. The summed E-state index contributed by atoms with van der Waals surface area (Å²) in [4.78, 5) is 14.1. The molecule has 5 rings (SSSR count). The quantitative estimate of drug-likeness (QED) is 0.624. The van der Waals surface area contributed by atoms with Crippen LogP contribution >= 0.6 is 11.3 Å². The average Bonchev–Trinajstić information content (AvgIpc) is 3.10. The van der Waals surface area contributed by atoms with Crippen molar-refractivity contribution in [2.75, 3.05) is 25.5 Å². The Bertz CT molecular complexity index is 1100. The number of aryl methyl sites for hydroxylation is 2. The molecule has 1 aliphatic heterocycles. The van der Waals surface area contributed by atoms with Gasteiger partial charge in [-0.05, 0) is 48.9 Å². The molecule has 3 aromatic rings. The fraction of sp³-hybridized carbons (Fsp3) is 0.381. The number of ether oxygens (including phenoxy) is 2. The van der Waals surface area contributed by atoms with Crippen LogP contribution in [0.4, 0.5) is 5.69 Å². The second kappa shape index (κ2) is 7.61. The van der Waals surface area contributed by atoms with Crippen LogP contribution in [0.1, 0.15) is 39.3 Å². The molecular formula is C21H22N4O3S. The van der Waals surface area contributed by atoms with Gasteiger partial charge in [-0.15, -0.1) is 16.4 Å². The van der Waals surface area contributed by atoms with Crippen LogP contribution in [-0.4, -0.2) is 35.7 Å². The minimum absolute atomic E-state index is 0.0207. The van der Waals surface area contributed by atoms with Gasteiger partial charge in [0.25, 0.3) is 0 Å². The lowest BCUT2D eigenvalue weighted by molar-refractivity contribution is 0.0995. The number of carbonyl (C=O) groups is 1. The number of ketones is 1. The molecule has 29 heavy (non-hydrogen) atoms. The zero-order chi connectivity index (χ0) is 19.8. The van der Waals surface area contributed by atoms with Crippen molar-refractivity contribution in [3.8, 4) is 11.5 Å². The monoisotopic (exact) mass is 410 g/mol. The molecule has 7 nitrogen and oxygen atoms in total. The number of carbonyl (C=O) groups excluding carboxylic acids is 1. The van der Waals surface area contributed by atoms with Crippen molar-refractivity contribution in [3.63, 3.8) is 0 Å². The topological polar surface area (TPSA) is 99.4 Å². The highest BCUT2D eigenvalue weighted by Gasteiger charge is 2.23. The number of nitrogens with zero attached hydrogens (tertiary/aromatic N) is 2. The van der Waals surface area contributed by atoms with E-state index in [1.165, 1.54) is 16.9 Å². The van der Waals surface area contributed by atoms with E-state index >= 15 is 0 Å². The number of rotatable bonds is 5. The molecule has 8 heteroatoms. The second-order valence-electron chi connectivity index (χ2n) is 7.36. The van der Waals surface area contributed by atoms with Gasteiger partial charge in [0.2, 0.25) is 0 Å². The lowest BCUT2D eigenvalue weighted by atomic mass is 9.94. The van der Waals surface area contributed by atoms with Crippen LogP contribution in [0.3, 0.4) is 0 Å². The number of nitrogens with two attached hydrogens (primary N) is 1.